The lowest BCUT2D eigenvalue weighted by Gasteiger charge is -2.21. The van der Waals surface area contributed by atoms with Crippen molar-refractivity contribution >= 4 is 17.2 Å². The largest absolute Gasteiger partial charge is 0.447 e. The van der Waals surface area contributed by atoms with E-state index in [1.807, 2.05) is 37.1 Å². The molecule has 0 spiro atoms. The van der Waals surface area contributed by atoms with Gasteiger partial charge in [0.15, 0.2) is 5.69 Å². The maximum absolute atomic E-state index is 13.1. The number of carbonyl (C=O) groups excluding carboxylic acids is 1. The molecule has 1 N–H and O–H groups in total. The van der Waals surface area contributed by atoms with Crippen LogP contribution in [0.4, 0.5) is 13.2 Å². The Morgan fingerprint density at radius 3 is 2.69 bits per heavy atom. The molecule has 1 atom stereocenters. The molecule has 5 nitrogen and oxygen atoms in total. The minimum atomic E-state index is -4.40. The molecule has 2 heterocycles. The zero-order valence-electron chi connectivity index (χ0n) is 18.2. The Kier molecular flexibility index (Phi) is 7.73. The van der Waals surface area contributed by atoms with Crippen LogP contribution in [0.15, 0.2) is 46.4 Å². The van der Waals surface area contributed by atoms with Crippen molar-refractivity contribution in [3.63, 3.8) is 0 Å². The Bertz CT molecular complexity index is 1050. The number of rotatable bonds is 9. The third-order valence-electron chi connectivity index (χ3n) is 5.13. The Morgan fingerprint density at radius 2 is 2.03 bits per heavy atom. The maximum Gasteiger partial charge on any atom is 0.416 e. The number of aryl methyl sites for hydroxylation is 1. The molecule has 0 saturated carbocycles. The van der Waals surface area contributed by atoms with Gasteiger partial charge in [0.05, 0.1) is 12.1 Å². The molecule has 0 saturated heterocycles. The van der Waals surface area contributed by atoms with Gasteiger partial charge in [-0.05, 0) is 48.9 Å². The van der Waals surface area contributed by atoms with Gasteiger partial charge in [-0.25, -0.2) is 4.98 Å². The average Bonchev–Trinajstić information content (AvgIpc) is 3.36. The fraction of sp³-hybridized carbons (Fsp3) is 0.391. The highest BCUT2D eigenvalue weighted by Gasteiger charge is 2.30. The van der Waals surface area contributed by atoms with Crippen molar-refractivity contribution in [2.45, 2.75) is 59.0 Å². The topological polar surface area (TPSA) is 58.4 Å². The lowest BCUT2D eigenvalue weighted by atomic mass is 10.1. The van der Waals surface area contributed by atoms with Crippen molar-refractivity contribution in [2.75, 3.05) is 0 Å². The van der Waals surface area contributed by atoms with E-state index in [0.717, 1.165) is 29.0 Å². The minimum absolute atomic E-state index is 0.0156. The van der Waals surface area contributed by atoms with E-state index in [0.29, 0.717) is 18.0 Å². The number of amides is 1. The van der Waals surface area contributed by atoms with Crippen molar-refractivity contribution in [1.29, 1.82) is 0 Å². The summed E-state index contributed by atoms with van der Waals surface area (Å²) in [6.07, 6.45) is -2.29. The number of hydrogen-bond donors (Lipinski definition) is 1. The first-order valence-electron chi connectivity index (χ1n) is 10.3. The van der Waals surface area contributed by atoms with E-state index in [1.165, 1.54) is 12.3 Å². The molecule has 0 aliphatic carbocycles. The molecule has 1 amide bonds. The van der Waals surface area contributed by atoms with Gasteiger partial charge in [0.25, 0.3) is 5.91 Å². The maximum atomic E-state index is 13.1. The first-order valence-corrected chi connectivity index (χ1v) is 11.2. The Morgan fingerprint density at radius 1 is 1.25 bits per heavy atom. The second-order valence-corrected chi connectivity index (χ2v) is 8.78. The number of benzene rings is 1. The van der Waals surface area contributed by atoms with Gasteiger partial charge in [-0.3, -0.25) is 9.69 Å². The minimum Gasteiger partial charge on any atom is -0.447 e. The van der Waals surface area contributed by atoms with Gasteiger partial charge in [-0.15, -0.1) is 11.3 Å². The fourth-order valence-corrected chi connectivity index (χ4v) is 4.07. The molecule has 3 aromatic rings. The summed E-state index contributed by atoms with van der Waals surface area (Å²) in [5.41, 5.74) is 1.16. The van der Waals surface area contributed by atoms with E-state index < -0.39 is 11.7 Å². The van der Waals surface area contributed by atoms with Gasteiger partial charge < -0.3 is 9.73 Å². The van der Waals surface area contributed by atoms with E-state index in [-0.39, 0.29) is 30.7 Å². The number of nitrogens with zero attached hydrogens (tertiary/aromatic N) is 2. The Balaban J connectivity index is 1.78. The van der Waals surface area contributed by atoms with E-state index in [1.54, 1.807) is 17.4 Å². The van der Waals surface area contributed by atoms with Crippen LogP contribution in [0.1, 0.15) is 58.2 Å². The number of alkyl halides is 3. The van der Waals surface area contributed by atoms with Crippen LogP contribution in [-0.2, 0) is 25.8 Å². The van der Waals surface area contributed by atoms with Crippen molar-refractivity contribution in [1.82, 2.24) is 15.2 Å². The van der Waals surface area contributed by atoms with Crippen LogP contribution < -0.4 is 5.32 Å². The van der Waals surface area contributed by atoms with Crippen LogP contribution in [0.3, 0.4) is 0 Å². The molecule has 1 aromatic carbocycles. The first kappa shape index (κ1) is 24.0. The first-order chi connectivity index (χ1) is 15.2. The van der Waals surface area contributed by atoms with Crippen LogP contribution in [-0.4, -0.2) is 21.8 Å². The molecule has 2 aromatic heterocycles. The average molecular weight is 466 g/mol. The van der Waals surface area contributed by atoms with Crippen molar-refractivity contribution in [3.8, 4) is 0 Å². The monoisotopic (exact) mass is 465 g/mol. The van der Waals surface area contributed by atoms with E-state index in [2.05, 4.69) is 10.3 Å². The predicted octanol–water partition coefficient (Wildman–Crippen LogP) is 5.79. The highest BCUT2D eigenvalue weighted by Crippen LogP contribution is 2.30. The van der Waals surface area contributed by atoms with Gasteiger partial charge in [-0.1, -0.05) is 25.1 Å². The molecular weight excluding hydrogens is 439 g/mol. The summed E-state index contributed by atoms with van der Waals surface area (Å²) in [5.74, 6) is 0.0216. The van der Waals surface area contributed by atoms with Gasteiger partial charge >= 0.3 is 6.18 Å². The van der Waals surface area contributed by atoms with Crippen LogP contribution in [0, 0.1) is 6.92 Å². The molecule has 0 aliphatic rings. The fourth-order valence-electron chi connectivity index (χ4n) is 3.12. The van der Waals surface area contributed by atoms with Crippen LogP contribution in [0.25, 0.3) is 0 Å². The van der Waals surface area contributed by atoms with Crippen LogP contribution in [0.2, 0.25) is 0 Å². The van der Waals surface area contributed by atoms with Gasteiger partial charge in [0.1, 0.15) is 6.26 Å². The highest BCUT2D eigenvalue weighted by molar-refractivity contribution is 7.10. The normalized spacial score (nSPS) is 12.8. The number of thiophene rings is 1. The van der Waals surface area contributed by atoms with Crippen LogP contribution >= 0.6 is 11.3 Å². The lowest BCUT2D eigenvalue weighted by molar-refractivity contribution is -0.137. The quantitative estimate of drug-likeness (QED) is 0.434. The van der Waals surface area contributed by atoms with E-state index in [4.69, 9.17) is 4.42 Å². The molecule has 172 valence electrons. The second-order valence-electron chi connectivity index (χ2n) is 7.78. The third kappa shape index (κ3) is 6.43. The molecule has 0 fully saturated rings. The van der Waals surface area contributed by atoms with Gasteiger partial charge in [-0.2, -0.15) is 13.2 Å². The van der Waals surface area contributed by atoms with Crippen molar-refractivity contribution < 1.29 is 22.4 Å². The Labute approximate surface area is 189 Å². The summed E-state index contributed by atoms with van der Waals surface area (Å²) >= 11 is 1.59. The standard InChI is InChI=1S/C23H26F3N3O2S/c1-4-16(3)27-22(30)19-14-31-21(28-19)13-29(12-20-15(2)8-9-32-20)11-17-6-5-7-18(10-17)23(24,25)26/h5-10,14,16H,4,11-13H2,1-3H3,(H,27,30). The van der Waals surface area contributed by atoms with E-state index >= 15 is 0 Å². The molecule has 0 aliphatic heterocycles. The number of carbonyl (C=O) groups is 1. The number of aromatic nitrogens is 1. The molecule has 9 heteroatoms. The van der Waals surface area contributed by atoms with E-state index in [9.17, 15) is 18.0 Å². The molecule has 0 bridgehead atoms. The second kappa shape index (κ2) is 10.3. The molecule has 1 unspecified atom stereocenters. The third-order valence-corrected chi connectivity index (χ3v) is 6.14. The van der Waals surface area contributed by atoms with Gasteiger partial charge in [0.2, 0.25) is 5.89 Å². The van der Waals surface area contributed by atoms with Gasteiger partial charge in [0, 0.05) is 24.0 Å². The molecule has 32 heavy (non-hydrogen) atoms. The number of hydrogen-bond acceptors (Lipinski definition) is 5. The summed E-state index contributed by atoms with van der Waals surface area (Å²) in [6, 6.07) is 7.33. The highest BCUT2D eigenvalue weighted by atomic mass is 32.1. The smallest absolute Gasteiger partial charge is 0.416 e. The van der Waals surface area contributed by atoms with Crippen molar-refractivity contribution in [3.05, 3.63) is 75.1 Å². The lowest BCUT2D eigenvalue weighted by Crippen LogP contribution is -2.32. The number of halogens is 3. The molecule has 3 rings (SSSR count). The van der Waals surface area contributed by atoms with Crippen molar-refractivity contribution in [2.24, 2.45) is 0 Å². The number of nitrogens with one attached hydrogen (secondary N) is 1. The summed E-state index contributed by atoms with van der Waals surface area (Å²) < 4.78 is 44.9. The summed E-state index contributed by atoms with van der Waals surface area (Å²) in [6.45, 7) is 6.92. The Hall–Kier alpha value is -2.65. The number of oxazole rings is 1. The predicted molar refractivity (Wildman–Crippen MR) is 117 cm³/mol. The summed E-state index contributed by atoms with van der Waals surface area (Å²) in [4.78, 5) is 19.6. The summed E-state index contributed by atoms with van der Waals surface area (Å²) in [7, 11) is 0. The molecular formula is C23H26F3N3O2S. The SMILES string of the molecule is CCC(C)NC(=O)c1coc(CN(Cc2cccc(C(F)(F)F)c2)Cc2sccc2C)n1. The van der Waals surface area contributed by atoms with Crippen LogP contribution in [0.5, 0.6) is 0 Å². The summed E-state index contributed by atoms with van der Waals surface area (Å²) in [5, 5.41) is 4.82. The zero-order valence-corrected chi connectivity index (χ0v) is 19.0. The zero-order chi connectivity index (χ0) is 23.3. The molecule has 0 radical (unpaired) electrons.